The van der Waals surface area contributed by atoms with Crippen molar-refractivity contribution in [1.82, 2.24) is 16.0 Å². The number of nitrogens with one attached hydrogen (secondary N) is 3. The summed E-state index contributed by atoms with van der Waals surface area (Å²) in [5.74, 6) is 9.67. The standard InChI is InChI=1S/C45H79N7O5S2.C40H71N7O3S2/c1-29(2)13-9-10-14-31-17-19-35-34-18-16-32-27-33(20-22-45(32,8)36(34)21-23-44(31,35)7)56-40(54)38(52-42(55)57-43(4,5)6)28-59-58-26-25-50-39(53)37(51-41(47)48)15-11-12-24-49-30(3)46;1-26(2)10-6-7-11-28-14-16-32-31-15-13-29-24-30(17-19-40(29,5)33(31)18-20-39(28,32)4)50-37(49)34(42)25-52-51-23-22-46-36(48)35(47-38(43)44)12-8-9-21-45-27(3)41/h16,29,31,33-38H,9-15,17-28H2,1-8H3,(H2,46,49)(H,50,53)(H,52,55)(H4,47,48,51);13,26,28,30-35H,6-12,14-25,42H2,1-5H3,(H2,41,45)(H,46,48)(H4,43,44,47). The highest BCUT2D eigenvalue weighted by atomic mass is 33.1. The monoisotopic (exact) mass is 1620 g/mol. The van der Waals surface area contributed by atoms with Crippen LogP contribution in [0.3, 0.4) is 0 Å². The maximum Gasteiger partial charge on any atom is 0.408 e. The fraction of sp³-hybridized carbons (Fsp3) is 0.847. The van der Waals surface area contributed by atoms with Gasteiger partial charge in [-0.15, -0.1) is 0 Å². The van der Waals surface area contributed by atoms with Crippen molar-refractivity contribution in [2.45, 2.75) is 325 Å². The number of esters is 2. The number of rotatable bonds is 41. The van der Waals surface area contributed by atoms with Gasteiger partial charge < -0.3 is 70.3 Å². The highest BCUT2D eigenvalue weighted by molar-refractivity contribution is 8.77. The summed E-state index contributed by atoms with van der Waals surface area (Å²) in [7, 11) is 6.03. The number of aliphatic imine (C=N–C) groups is 4. The van der Waals surface area contributed by atoms with Crippen molar-refractivity contribution in [1.29, 1.82) is 0 Å². The Kier molecular flexibility index (Phi) is 37.7. The minimum atomic E-state index is -0.884. The van der Waals surface area contributed by atoms with Crippen LogP contribution in [0.2, 0.25) is 0 Å². The molecule has 0 spiro atoms. The van der Waals surface area contributed by atoms with Crippen molar-refractivity contribution >= 4 is 96.6 Å². The molecule has 18 unspecified atom stereocenters. The minimum Gasteiger partial charge on any atom is -0.461 e. The molecule has 8 aliphatic carbocycles. The third-order valence-corrected chi connectivity index (χ3v) is 31.7. The summed E-state index contributed by atoms with van der Waals surface area (Å²) in [4.78, 5) is 81.9. The number of amides is 3. The quantitative estimate of drug-likeness (QED) is 0.00517. The van der Waals surface area contributed by atoms with Gasteiger partial charge in [0.1, 0.15) is 42.0 Å². The molecule has 111 heavy (non-hydrogen) atoms. The molecule has 0 saturated heterocycles. The van der Waals surface area contributed by atoms with E-state index in [1.165, 1.54) is 153 Å². The van der Waals surface area contributed by atoms with Crippen molar-refractivity contribution in [2.75, 3.05) is 49.2 Å². The molecule has 17 N–H and O–H groups in total. The molecule has 0 heterocycles. The van der Waals surface area contributed by atoms with E-state index in [9.17, 15) is 24.0 Å². The van der Waals surface area contributed by atoms with Gasteiger partial charge in [0, 0.05) is 62.0 Å². The van der Waals surface area contributed by atoms with Crippen molar-refractivity contribution < 1.29 is 38.2 Å². The van der Waals surface area contributed by atoms with E-state index in [1.54, 1.807) is 45.4 Å². The molecule has 0 aliphatic heterocycles. The van der Waals surface area contributed by atoms with Crippen LogP contribution < -0.4 is 56.1 Å². The predicted molar refractivity (Wildman–Crippen MR) is 465 cm³/mol. The van der Waals surface area contributed by atoms with Crippen molar-refractivity contribution in [3.63, 3.8) is 0 Å². The Balaban J connectivity index is 0.000000311. The maximum atomic E-state index is 13.8. The van der Waals surface area contributed by atoms with Crippen LogP contribution in [0, 0.1) is 80.8 Å². The number of amidine groups is 2. The highest BCUT2D eigenvalue weighted by Crippen LogP contribution is 2.69. The molecule has 18 atom stereocenters. The van der Waals surface area contributed by atoms with Crippen LogP contribution in [-0.4, -0.2) is 145 Å². The molecule has 26 heteroatoms. The molecule has 8 aliphatic rings. The lowest BCUT2D eigenvalue weighted by atomic mass is 9.47. The fourth-order valence-electron chi connectivity index (χ4n) is 21.0. The Bertz CT molecular complexity index is 3170. The van der Waals surface area contributed by atoms with E-state index in [2.05, 4.69) is 103 Å². The number of nitrogens with zero attached hydrogens (tertiary/aromatic N) is 4. The van der Waals surface area contributed by atoms with Crippen LogP contribution in [0.15, 0.2) is 43.3 Å². The van der Waals surface area contributed by atoms with E-state index in [4.69, 9.17) is 54.3 Å². The number of hydrogen-bond donors (Lipinski definition) is 10. The van der Waals surface area contributed by atoms with Crippen LogP contribution in [0.1, 0.15) is 283 Å². The first-order valence-electron chi connectivity index (χ1n) is 42.9. The first-order chi connectivity index (χ1) is 52.6. The Morgan fingerprint density at radius 1 is 0.532 bits per heavy atom. The lowest BCUT2D eigenvalue weighted by Crippen LogP contribution is -2.51. The van der Waals surface area contributed by atoms with Crippen molar-refractivity contribution in [3.8, 4) is 0 Å². The Morgan fingerprint density at radius 2 is 0.955 bits per heavy atom. The number of unbranched alkanes of at least 4 members (excludes halogenated alkanes) is 4. The van der Waals surface area contributed by atoms with Gasteiger partial charge in [-0.1, -0.05) is 160 Å². The molecule has 0 aromatic rings. The number of fused-ring (bicyclic) bond motifs is 10. The summed E-state index contributed by atoms with van der Waals surface area (Å²) < 4.78 is 17.8. The van der Waals surface area contributed by atoms with Crippen molar-refractivity contribution in [2.24, 2.45) is 141 Å². The average molecular weight is 1620 g/mol. The smallest absolute Gasteiger partial charge is 0.408 e. The first kappa shape index (κ1) is 93.6. The summed E-state index contributed by atoms with van der Waals surface area (Å²) in [6, 6.07) is -2.88. The fourth-order valence-corrected chi connectivity index (χ4v) is 25.1. The lowest BCUT2D eigenvalue weighted by molar-refractivity contribution is -0.153. The van der Waals surface area contributed by atoms with E-state index >= 15 is 0 Å². The highest BCUT2D eigenvalue weighted by Gasteiger charge is 2.60. The van der Waals surface area contributed by atoms with Gasteiger partial charge in [-0.2, -0.15) is 0 Å². The Hall–Kier alpha value is -4.53. The predicted octanol–water partition coefficient (Wildman–Crippen LogP) is 15.0. The van der Waals surface area contributed by atoms with E-state index in [0.717, 1.165) is 124 Å². The van der Waals surface area contributed by atoms with Gasteiger partial charge in [-0.05, 0) is 257 Å². The molecule has 0 aromatic carbocycles. The first-order valence-corrected chi connectivity index (χ1v) is 47.8. The van der Waals surface area contributed by atoms with Crippen LogP contribution in [0.4, 0.5) is 4.79 Å². The number of alkyl carbamates (subject to hydrolysis) is 1. The molecule has 0 radical (unpaired) electrons. The van der Waals surface area contributed by atoms with Gasteiger partial charge in [0.15, 0.2) is 11.9 Å². The molecule has 0 bridgehead atoms. The van der Waals surface area contributed by atoms with Crippen LogP contribution in [0.25, 0.3) is 0 Å². The average Bonchev–Trinajstić information content (AvgIpc) is 1.69. The maximum absolute atomic E-state index is 13.8. The molecule has 6 fully saturated rings. The lowest BCUT2D eigenvalue weighted by Gasteiger charge is -2.58. The van der Waals surface area contributed by atoms with Crippen LogP contribution in [0.5, 0.6) is 0 Å². The molecule has 3 amide bonds. The van der Waals surface area contributed by atoms with Gasteiger partial charge in [-0.25, -0.2) is 19.6 Å². The number of carbonyl (C=O) groups is 5. The zero-order valence-electron chi connectivity index (χ0n) is 70.5. The van der Waals surface area contributed by atoms with Crippen LogP contribution in [-0.2, 0) is 33.4 Å². The molecule has 6 saturated carbocycles. The Morgan fingerprint density at radius 3 is 1.37 bits per heavy atom. The topological polar surface area (TPSA) is 381 Å². The zero-order chi connectivity index (χ0) is 81.3. The number of allylic oxidation sites excluding steroid dienone is 2. The Labute approximate surface area is 684 Å². The third kappa shape index (κ3) is 28.1. The number of carbonyl (C=O) groups excluding carboxylic acids is 5. The third-order valence-electron chi connectivity index (χ3n) is 26.8. The number of nitrogens with two attached hydrogens (primary N) is 7. The number of guanidine groups is 2. The minimum absolute atomic E-state index is 0.0893. The van der Waals surface area contributed by atoms with Gasteiger partial charge in [0.2, 0.25) is 11.8 Å². The molecular weight excluding hydrogens is 1470 g/mol. The molecule has 22 nitrogen and oxygen atoms in total. The van der Waals surface area contributed by atoms with Crippen LogP contribution >= 0.6 is 43.2 Å². The van der Waals surface area contributed by atoms with E-state index in [1.807, 2.05) is 0 Å². The van der Waals surface area contributed by atoms with Gasteiger partial charge in [-0.3, -0.25) is 24.4 Å². The van der Waals surface area contributed by atoms with Gasteiger partial charge in [0.25, 0.3) is 0 Å². The summed E-state index contributed by atoms with van der Waals surface area (Å²) in [5, 5.41) is 8.61. The summed E-state index contributed by atoms with van der Waals surface area (Å²) >= 11 is 0. The molecule has 8 rings (SSSR count). The van der Waals surface area contributed by atoms with E-state index in [0.29, 0.717) is 84.7 Å². The normalized spacial score (nSPS) is 29.9. The largest absolute Gasteiger partial charge is 0.461 e. The van der Waals surface area contributed by atoms with E-state index < -0.39 is 41.8 Å². The van der Waals surface area contributed by atoms with E-state index in [-0.39, 0.29) is 58.5 Å². The second-order valence-corrected chi connectivity index (χ2v) is 42.1. The van der Waals surface area contributed by atoms with Gasteiger partial charge in [0.05, 0.1) is 11.7 Å². The number of hydrogen-bond acceptors (Lipinski definition) is 17. The summed E-state index contributed by atoms with van der Waals surface area (Å²) in [5.41, 5.74) is 43.5. The van der Waals surface area contributed by atoms with Gasteiger partial charge >= 0.3 is 18.0 Å². The molecule has 0 aromatic heterocycles. The number of ether oxygens (including phenoxy) is 3. The SMILES string of the molecule is CC(N)=NCCCCC(N=C(N)N)C(=O)NCCSSCC(N)C(=O)OC1CCC2(C)C(=CCC3C2CCC2(C)C(CCCCC(C)C)CCC32)C1.CC(N)=NCCCCC(N=C(N)N)C(=O)NCCSSCC(NC(=O)OC(C)(C)C)C(=O)OC1CCC2(C)C(=CCC3C2CCC2(C)C(CCCCC(C)C)CCC32)C1. The zero-order valence-corrected chi connectivity index (χ0v) is 73.8. The second-order valence-electron chi connectivity index (χ2n) is 36.9. The molecule has 632 valence electrons. The molecular formula is C85H150N14O8S4. The second kappa shape index (κ2) is 44.7. The van der Waals surface area contributed by atoms with Crippen molar-refractivity contribution in [3.05, 3.63) is 23.3 Å². The summed E-state index contributed by atoms with van der Waals surface area (Å²) in [6.07, 6.45) is 38.1. The summed E-state index contributed by atoms with van der Waals surface area (Å²) in [6.45, 7) is 30.6.